The van der Waals surface area contributed by atoms with Crippen LogP contribution in [0.4, 0.5) is 0 Å². The summed E-state index contributed by atoms with van der Waals surface area (Å²) in [5.74, 6) is -0.348. The number of rotatable bonds is 3. The first kappa shape index (κ1) is 20.1. The molecule has 2 aromatic rings. The summed E-state index contributed by atoms with van der Waals surface area (Å²) >= 11 is 8.28. The Labute approximate surface area is 187 Å². The van der Waals surface area contributed by atoms with Crippen molar-refractivity contribution < 1.29 is 22.5 Å². The zero-order valence-electron chi connectivity index (χ0n) is 10.8. The van der Waals surface area contributed by atoms with E-state index in [4.69, 9.17) is 4.74 Å². The van der Waals surface area contributed by atoms with Crippen LogP contribution in [0, 0.1) is 14.3 Å². The van der Waals surface area contributed by atoms with E-state index < -0.39 is 16.1 Å². The standard InChI is InChI=1S/C13H6I4O5S/c14-8-5-7(23(19,20)21)1-2-11(8)22-13(18)6-3-9(15)12(17)10(16)4-6/h1-5H,(H,19,20,21)/p-1. The van der Waals surface area contributed by atoms with E-state index in [1.165, 1.54) is 12.1 Å². The second kappa shape index (κ2) is 7.96. The number of carbonyl (C=O) groups excluding carboxylic acids is 1. The summed E-state index contributed by atoms with van der Waals surface area (Å²) in [4.78, 5) is 11.9. The quantitative estimate of drug-likeness (QED) is 0.153. The van der Waals surface area contributed by atoms with Gasteiger partial charge in [-0.3, -0.25) is 0 Å². The van der Waals surface area contributed by atoms with Gasteiger partial charge in [-0.05, 0) is 121 Å². The third-order valence-electron chi connectivity index (χ3n) is 2.61. The minimum absolute atomic E-state index is 0.201. The summed E-state index contributed by atoms with van der Waals surface area (Å²) in [5, 5.41) is 0. The molecule has 10 heteroatoms. The molecule has 0 heterocycles. The van der Waals surface area contributed by atoms with E-state index in [2.05, 4.69) is 67.8 Å². The molecule has 0 aliphatic heterocycles. The van der Waals surface area contributed by atoms with Crippen molar-refractivity contribution in [2.24, 2.45) is 0 Å². The predicted molar refractivity (Wildman–Crippen MR) is 117 cm³/mol. The van der Waals surface area contributed by atoms with Gasteiger partial charge in [0, 0.05) is 10.7 Å². The predicted octanol–water partition coefficient (Wildman–Crippen LogP) is 4.23. The van der Waals surface area contributed by atoms with Gasteiger partial charge in [0.05, 0.1) is 14.0 Å². The van der Waals surface area contributed by atoms with Crippen LogP contribution < -0.4 is 4.74 Å². The first-order chi connectivity index (χ1) is 10.6. The molecule has 0 amide bonds. The van der Waals surface area contributed by atoms with Gasteiger partial charge in [-0.15, -0.1) is 0 Å². The van der Waals surface area contributed by atoms with Crippen molar-refractivity contribution in [1.82, 2.24) is 0 Å². The zero-order chi connectivity index (χ0) is 17.4. The van der Waals surface area contributed by atoms with Gasteiger partial charge in [0.2, 0.25) is 0 Å². The summed E-state index contributed by atoms with van der Waals surface area (Å²) < 4.78 is 41.5. The third kappa shape index (κ3) is 5.11. The van der Waals surface area contributed by atoms with Crippen molar-refractivity contribution in [2.75, 3.05) is 0 Å². The Morgan fingerprint density at radius 2 is 1.52 bits per heavy atom. The summed E-state index contributed by atoms with van der Waals surface area (Å²) in [5.41, 5.74) is 0.399. The number of halogens is 4. The van der Waals surface area contributed by atoms with Gasteiger partial charge in [-0.1, -0.05) is 0 Å². The molecule has 0 saturated heterocycles. The fourth-order valence-corrected chi connectivity index (χ4v) is 4.97. The van der Waals surface area contributed by atoms with Crippen LogP contribution in [-0.4, -0.2) is 18.9 Å². The number of carbonyl (C=O) groups is 1. The molecule has 0 aliphatic carbocycles. The molecular formula is C13H5I4O5S-. The molecular weight excluding hydrogens is 776 g/mol. The number of benzene rings is 2. The highest BCUT2D eigenvalue weighted by atomic mass is 127. The van der Waals surface area contributed by atoms with E-state index in [9.17, 15) is 17.8 Å². The summed E-state index contributed by atoms with van der Waals surface area (Å²) in [6.45, 7) is 0. The minimum Gasteiger partial charge on any atom is -0.744 e. The average Bonchev–Trinajstić information content (AvgIpc) is 2.45. The van der Waals surface area contributed by atoms with Gasteiger partial charge in [-0.25, -0.2) is 13.2 Å². The Kier molecular flexibility index (Phi) is 6.94. The molecule has 2 rings (SSSR count). The highest BCUT2D eigenvalue weighted by molar-refractivity contribution is 14.1. The Bertz CT molecular complexity index is 872. The Morgan fingerprint density at radius 3 is 2.00 bits per heavy atom. The molecule has 0 N–H and O–H groups in total. The molecule has 0 bridgehead atoms. The summed E-state index contributed by atoms with van der Waals surface area (Å²) in [7, 11) is -4.54. The van der Waals surface area contributed by atoms with E-state index in [0.29, 0.717) is 9.13 Å². The lowest BCUT2D eigenvalue weighted by Gasteiger charge is -2.11. The van der Waals surface area contributed by atoms with Crippen molar-refractivity contribution in [3.8, 4) is 5.75 Å². The maximum Gasteiger partial charge on any atom is 0.343 e. The Hall–Kier alpha value is 0.740. The van der Waals surface area contributed by atoms with Crippen LogP contribution in [0.1, 0.15) is 10.4 Å². The maximum absolute atomic E-state index is 12.2. The van der Waals surface area contributed by atoms with Crippen LogP contribution >= 0.6 is 90.4 Å². The number of esters is 1. The summed E-state index contributed by atoms with van der Waals surface area (Å²) in [6, 6.07) is 7.03. The van der Waals surface area contributed by atoms with Crippen molar-refractivity contribution in [3.05, 3.63) is 50.2 Å². The van der Waals surface area contributed by atoms with E-state index >= 15 is 0 Å². The van der Waals surface area contributed by atoms with Crippen molar-refractivity contribution >= 4 is 106 Å². The molecule has 0 radical (unpaired) electrons. The highest BCUT2D eigenvalue weighted by Gasteiger charge is 2.15. The number of hydrogen-bond acceptors (Lipinski definition) is 5. The van der Waals surface area contributed by atoms with Crippen LogP contribution in [0.5, 0.6) is 5.75 Å². The van der Waals surface area contributed by atoms with Gasteiger partial charge >= 0.3 is 5.97 Å². The molecule has 0 aliphatic rings. The van der Waals surface area contributed by atoms with Crippen molar-refractivity contribution in [2.45, 2.75) is 4.90 Å². The van der Waals surface area contributed by atoms with Gasteiger partial charge in [-0.2, -0.15) is 0 Å². The fraction of sp³-hybridized carbons (Fsp3) is 0. The molecule has 122 valence electrons. The minimum atomic E-state index is -4.54. The average molecular weight is 781 g/mol. The molecule has 0 unspecified atom stereocenters. The lowest BCUT2D eigenvalue weighted by Crippen LogP contribution is -2.11. The topological polar surface area (TPSA) is 83.5 Å². The molecule has 2 aromatic carbocycles. The van der Waals surface area contributed by atoms with E-state index in [1.807, 2.05) is 22.6 Å². The summed E-state index contributed by atoms with van der Waals surface area (Å²) in [6.07, 6.45) is 0. The molecule has 0 atom stereocenters. The highest BCUT2D eigenvalue weighted by Crippen LogP contribution is 2.27. The molecule has 0 saturated carbocycles. The number of hydrogen-bond donors (Lipinski definition) is 0. The lowest BCUT2D eigenvalue weighted by molar-refractivity contribution is 0.0733. The van der Waals surface area contributed by atoms with Crippen LogP contribution in [0.15, 0.2) is 35.2 Å². The van der Waals surface area contributed by atoms with Gasteiger partial charge in [0.15, 0.2) is 0 Å². The van der Waals surface area contributed by atoms with E-state index in [-0.39, 0.29) is 10.6 Å². The normalized spacial score (nSPS) is 11.3. The molecule has 0 fully saturated rings. The van der Waals surface area contributed by atoms with Crippen LogP contribution in [0.2, 0.25) is 0 Å². The molecule has 5 nitrogen and oxygen atoms in total. The molecule has 0 aromatic heterocycles. The fourth-order valence-electron chi connectivity index (χ4n) is 1.55. The van der Waals surface area contributed by atoms with Crippen molar-refractivity contribution in [1.29, 1.82) is 0 Å². The number of ether oxygens (including phenoxy) is 1. The zero-order valence-corrected chi connectivity index (χ0v) is 20.3. The van der Waals surface area contributed by atoms with Gasteiger partial charge in [0.25, 0.3) is 0 Å². The smallest absolute Gasteiger partial charge is 0.343 e. The lowest BCUT2D eigenvalue weighted by atomic mass is 10.2. The second-order valence-electron chi connectivity index (χ2n) is 4.19. The van der Waals surface area contributed by atoms with Crippen LogP contribution in [0.3, 0.4) is 0 Å². The third-order valence-corrected chi connectivity index (χ3v) is 9.22. The monoisotopic (exact) mass is 781 g/mol. The maximum atomic E-state index is 12.2. The van der Waals surface area contributed by atoms with Gasteiger partial charge < -0.3 is 9.29 Å². The first-order valence-electron chi connectivity index (χ1n) is 5.72. The van der Waals surface area contributed by atoms with Crippen LogP contribution in [0.25, 0.3) is 0 Å². The van der Waals surface area contributed by atoms with Crippen molar-refractivity contribution in [3.63, 3.8) is 0 Å². The van der Waals surface area contributed by atoms with Crippen LogP contribution in [-0.2, 0) is 10.1 Å². The van der Waals surface area contributed by atoms with E-state index in [0.717, 1.165) is 16.8 Å². The molecule has 0 spiro atoms. The second-order valence-corrected chi connectivity index (χ2v) is 10.1. The van der Waals surface area contributed by atoms with E-state index in [1.54, 1.807) is 12.1 Å². The Morgan fingerprint density at radius 1 is 0.957 bits per heavy atom. The first-order valence-corrected chi connectivity index (χ1v) is 11.4. The molecule has 23 heavy (non-hydrogen) atoms. The largest absolute Gasteiger partial charge is 0.744 e. The van der Waals surface area contributed by atoms with Gasteiger partial charge in [0.1, 0.15) is 15.9 Å². The Balaban J connectivity index is 2.31. The SMILES string of the molecule is O=C(Oc1ccc(S(=O)(=O)[O-])cc1I)c1cc(I)c(I)c(I)c1.